The maximum atomic E-state index is 5.67. The molecule has 18 heavy (non-hydrogen) atoms. The van der Waals surface area contributed by atoms with E-state index in [-0.39, 0.29) is 0 Å². The molecule has 2 aromatic rings. The second-order valence-corrected chi connectivity index (χ2v) is 4.51. The molecule has 3 heteroatoms. The van der Waals surface area contributed by atoms with Gasteiger partial charge >= 0.3 is 0 Å². The first-order valence-electron chi connectivity index (χ1n) is 6.24. The van der Waals surface area contributed by atoms with E-state index in [1.165, 1.54) is 5.56 Å². The minimum atomic E-state index is 0.304. The molecule has 1 aromatic carbocycles. The fraction of sp³-hybridized carbons (Fsp3) is 0.267. The monoisotopic (exact) mass is 240 g/mol. The lowest BCUT2D eigenvalue weighted by Crippen LogP contribution is -2.20. The summed E-state index contributed by atoms with van der Waals surface area (Å²) >= 11 is 0. The van der Waals surface area contributed by atoms with E-state index < -0.39 is 0 Å². The van der Waals surface area contributed by atoms with Gasteiger partial charge in [0.15, 0.2) is 0 Å². The molecule has 1 unspecified atom stereocenters. The number of para-hydroxylation sites is 1. The number of pyridine rings is 1. The fourth-order valence-corrected chi connectivity index (χ4v) is 2.32. The van der Waals surface area contributed by atoms with Crippen molar-refractivity contribution in [3.63, 3.8) is 0 Å². The normalized spacial score (nSPS) is 17.7. The number of nitrogens with zero attached hydrogens (tertiary/aromatic N) is 1. The van der Waals surface area contributed by atoms with Gasteiger partial charge in [-0.05, 0) is 25.1 Å². The maximum Gasteiger partial charge on any atom is 0.124 e. The zero-order valence-corrected chi connectivity index (χ0v) is 10.4. The molecular formula is C15H16N2O. The fourth-order valence-electron chi connectivity index (χ4n) is 2.32. The largest absolute Gasteiger partial charge is 0.493 e. The molecule has 0 aliphatic carbocycles. The van der Waals surface area contributed by atoms with Gasteiger partial charge in [0.05, 0.1) is 24.0 Å². The number of aryl methyl sites for hydroxylation is 1. The van der Waals surface area contributed by atoms with Gasteiger partial charge in [-0.25, -0.2) is 0 Å². The molecule has 0 radical (unpaired) electrons. The number of aromatic nitrogens is 1. The van der Waals surface area contributed by atoms with Gasteiger partial charge in [-0.1, -0.05) is 18.2 Å². The number of benzene rings is 1. The Morgan fingerprint density at radius 2 is 2.11 bits per heavy atom. The van der Waals surface area contributed by atoms with Gasteiger partial charge in [0.2, 0.25) is 0 Å². The molecule has 0 saturated carbocycles. The Balaban J connectivity index is 1.89. The number of nitrogens with one attached hydrogen (secondary N) is 1. The number of rotatable bonds is 2. The zero-order valence-electron chi connectivity index (χ0n) is 10.4. The van der Waals surface area contributed by atoms with E-state index in [9.17, 15) is 0 Å². The molecule has 0 bridgehead atoms. The summed E-state index contributed by atoms with van der Waals surface area (Å²) in [5.74, 6) is 0.989. The highest BCUT2D eigenvalue weighted by molar-refractivity contribution is 5.51. The molecule has 1 aromatic heterocycles. The van der Waals surface area contributed by atoms with Crippen LogP contribution in [0.15, 0.2) is 42.6 Å². The molecule has 1 N–H and O–H groups in total. The summed E-state index contributed by atoms with van der Waals surface area (Å²) < 4.78 is 5.67. The van der Waals surface area contributed by atoms with Crippen LogP contribution >= 0.6 is 0 Å². The molecular weight excluding hydrogens is 224 g/mol. The van der Waals surface area contributed by atoms with Crippen LogP contribution in [-0.4, -0.2) is 11.6 Å². The highest BCUT2D eigenvalue weighted by Gasteiger charge is 2.21. The number of hydrogen-bond donors (Lipinski definition) is 1. The predicted molar refractivity (Wildman–Crippen MR) is 71.9 cm³/mol. The molecule has 1 aliphatic rings. The number of fused-ring (bicyclic) bond motifs is 1. The highest BCUT2D eigenvalue weighted by atomic mass is 16.5. The van der Waals surface area contributed by atoms with Crippen LogP contribution in [0.2, 0.25) is 0 Å². The highest BCUT2D eigenvalue weighted by Crippen LogP contribution is 2.34. The molecule has 92 valence electrons. The van der Waals surface area contributed by atoms with Crippen LogP contribution in [0, 0.1) is 6.92 Å². The molecule has 0 amide bonds. The van der Waals surface area contributed by atoms with Gasteiger partial charge in [-0.15, -0.1) is 0 Å². The van der Waals surface area contributed by atoms with Crippen LogP contribution in [0.4, 0.5) is 5.69 Å². The minimum absolute atomic E-state index is 0.304. The third-order valence-electron chi connectivity index (χ3n) is 3.30. The van der Waals surface area contributed by atoms with Crippen molar-refractivity contribution in [2.45, 2.75) is 19.4 Å². The van der Waals surface area contributed by atoms with Crippen LogP contribution in [0.1, 0.15) is 23.7 Å². The predicted octanol–water partition coefficient (Wildman–Crippen LogP) is 3.33. The number of ether oxygens (including phenoxy) is 1. The summed E-state index contributed by atoms with van der Waals surface area (Å²) in [6, 6.07) is 12.5. The summed E-state index contributed by atoms with van der Waals surface area (Å²) in [5.41, 5.74) is 3.35. The Kier molecular flexibility index (Phi) is 2.89. The van der Waals surface area contributed by atoms with E-state index in [1.54, 1.807) is 0 Å². The summed E-state index contributed by atoms with van der Waals surface area (Å²) in [6.45, 7) is 2.78. The van der Waals surface area contributed by atoms with Crippen LogP contribution in [-0.2, 0) is 0 Å². The van der Waals surface area contributed by atoms with Crippen molar-refractivity contribution in [1.29, 1.82) is 0 Å². The summed E-state index contributed by atoms with van der Waals surface area (Å²) in [5, 5.41) is 3.56. The van der Waals surface area contributed by atoms with E-state index in [4.69, 9.17) is 4.74 Å². The van der Waals surface area contributed by atoms with Gasteiger partial charge in [0, 0.05) is 18.2 Å². The van der Waals surface area contributed by atoms with Crippen molar-refractivity contribution < 1.29 is 4.74 Å². The van der Waals surface area contributed by atoms with Gasteiger partial charge in [-0.2, -0.15) is 0 Å². The summed E-state index contributed by atoms with van der Waals surface area (Å²) in [4.78, 5) is 4.31. The van der Waals surface area contributed by atoms with Crippen molar-refractivity contribution in [3.8, 4) is 5.75 Å². The lowest BCUT2D eigenvalue weighted by Gasteiger charge is -2.27. The number of hydrogen-bond acceptors (Lipinski definition) is 3. The van der Waals surface area contributed by atoms with Crippen molar-refractivity contribution in [2.24, 2.45) is 0 Å². The molecule has 3 nitrogen and oxygen atoms in total. The third-order valence-corrected chi connectivity index (χ3v) is 3.30. The van der Waals surface area contributed by atoms with Crippen LogP contribution in [0.3, 0.4) is 0 Å². The Hall–Kier alpha value is -2.03. The van der Waals surface area contributed by atoms with Crippen molar-refractivity contribution in [1.82, 2.24) is 4.98 Å². The average molecular weight is 240 g/mol. The Labute approximate surface area is 107 Å². The molecule has 0 fully saturated rings. The molecule has 0 spiro atoms. The van der Waals surface area contributed by atoms with Gasteiger partial charge in [0.25, 0.3) is 0 Å². The van der Waals surface area contributed by atoms with Crippen molar-refractivity contribution in [2.75, 3.05) is 11.9 Å². The SMILES string of the molecule is Cc1ncccc1NC1CCOc2ccccc21. The molecule has 3 rings (SSSR count). The third kappa shape index (κ3) is 2.04. The van der Waals surface area contributed by atoms with Crippen molar-refractivity contribution in [3.05, 3.63) is 53.9 Å². The van der Waals surface area contributed by atoms with Crippen LogP contribution in [0.5, 0.6) is 5.75 Å². The van der Waals surface area contributed by atoms with E-state index in [0.29, 0.717) is 6.04 Å². The minimum Gasteiger partial charge on any atom is -0.493 e. The van der Waals surface area contributed by atoms with Gasteiger partial charge < -0.3 is 10.1 Å². The zero-order chi connectivity index (χ0) is 12.4. The average Bonchev–Trinajstić information content (AvgIpc) is 2.42. The van der Waals surface area contributed by atoms with E-state index in [1.807, 2.05) is 31.3 Å². The van der Waals surface area contributed by atoms with Crippen molar-refractivity contribution >= 4 is 5.69 Å². The Morgan fingerprint density at radius 3 is 3.00 bits per heavy atom. The Bertz CT molecular complexity index is 554. The first-order valence-corrected chi connectivity index (χ1v) is 6.24. The first-order chi connectivity index (χ1) is 8.84. The van der Waals surface area contributed by atoms with Gasteiger partial charge in [0.1, 0.15) is 5.75 Å². The van der Waals surface area contributed by atoms with Gasteiger partial charge in [-0.3, -0.25) is 4.98 Å². The standard InChI is InChI=1S/C15H16N2O/c1-11-13(6-4-9-16-11)17-14-8-10-18-15-7-3-2-5-12(14)15/h2-7,9,14,17H,8,10H2,1H3. The van der Waals surface area contributed by atoms with E-state index in [2.05, 4.69) is 28.5 Å². The first kappa shape index (κ1) is 11.1. The smallest absolute Gasteiger partial charge is 0.124 e. The quantitative estimate of drug-likeness (QED) is 0.874. The molecule has 1 atom stereocenters. The van der Waals surface area contributed by atoms with E-state index >= 15 is 0 Å². The molecule has 0 saturated heterocycles. The lowest BCUT2D eigenvalue weighted by atomic mass is 10.0. The van der Waals surface area contributed by atoms with E-state index in [0.717, 1.165) is 30.2 Å². The summed E-state index contributed by atoms with van der Waals surface area (Å²) in [6.07, 6.45) is 2.80. The molecule has 2 heterocycles. The second kappa shape index (κ2) is 4.69. The number of anilines is 1. The Morgan fingerprint density at radius 1 is 1.22 bits per heavy atom. The second-order valence-electron chi connectivity index (χ2n) is 4.51. The lowest BCUT2D eigenvalue weighted by molar-refractivity contribution is 0.274. The van der Waals surface area contributed by atoms with Crippen LogP contribution < -0.4 is 10.1 Å². The topological polar surface area (TPSA) is 34.2 Å². The summed E-state index contributed by atoms with van der Waals surface area (Å²) in [7, 11) is 0. The van der Waals surface area contributed by atoms with Crippen LogP contribution in [0.25, 0.3) is 0 Å². The maximum absolute atomic E-state index is 5.67. The molecule has 1 aliphatic heterocycles.